The number of benzene rings is 9. The Balaban J connectivity index is 1.41. The van der Waals surface area contributed by atoms with Crippen molar-refractivity contribution in [1.82, 2.24) is 0 Å². The Labute approximate surface area is 251 Å². The lowest BCUT2D eigenvalue weighted by molar-refractivity contribution is 1.66. The van der Waals surface area contributed by atoms with Crippen LogP contribution < -0.4 is 0 Å². The van der Waals surface area contributed by atoms with Crippen molar-refractivity contribution >= 4 is 53.9 Å². The lowest BCUT2D eigenvalue weighted by Crippen LogP contribution is -1.93. The first-order valence-electron chi connectivity index (χ1n) is 16.7. The first kappa shape index (κ1) is 18.8. The van der Waals surface area contributed by atoms with Crippen LogP contribution in [0.2, 0.25) is 0 Å². The van der Waals surface area contributed by atoms with Crippen LogP contribution in [-0.2, 0) is 0 Å². The summed E-state index contributed by atoms with van der Waals surface area (Å²) in [4.78, 5) is 0. The monoisotopic (exact) mass is 535 g/mol. The molecule has 0 atom stereocenters. The highest BCUT2D eigenvalue weighted by atomic mass is 14.2. The minimum Gasteiger partial charge on any atom is -0.0622 e. The standard InChI is InChI=1S/C42H26/c1-3-11-27(12-4-1)31-23-19-29-21-25-37-38(26-22-30-20-24-36(31)40(29)41(30)37)42-34-17-9-7-15-32(34)39(28-13-5-2-6-14-28)33-16-8-10-18-35(33)42/h1-26H/i1D,3D,4D,11D,12D. The average molecular weight is 536 g/mol. The van der Waals surface area contributed by atoms with Crippen LogP contribution in [0, 0.1) is 0 Å². The van der Waals surface area contributed by atoms with Crippen LogP contribution in [0.5, 0.6) is 0 Å². The third kappa shape index (κ3) is 3.30. The summed E-state index contributed by atoms with van der Waals surface area (Å²) in [5.74, 6) is 0. The minimum atomic E-state index is -0.385. The van der Waals surface area contributed by atoms with E-state index in [4.69, 9.17) is 6.85 Å². The Hall–Kier alpha value is -5.46. The molecule has 0 nitrogen and oxygen atoms in total. The van der Waals surface area contributed by atoms with Crippen molar-refractivity contribution in [3.05, 3.63) is 158 Å². The Bertz CT molecular complexity index is 2640. The zero-order chi connectivity index (χ0) is 32.0. The smallest absolute Gasteiger partial charge is 0.0622 e. The van der Waals surface area contributed by atoms with E-state index in [0.717, 1.165) is 37.9 Å². The zero-order valence-electron chi connectivity index (χ0n) is 27.6. The fraction of sp³-hybridized carbons (Fsp3) is 0. The van der Waals surface area contributed by atoms with Crippen molar-refractivity contribution < 1.29 is 6.85 Å². The van der Waals surface area contributed by atoms with Crippen LogP contribution >= 0.6 is 0 Å². The molecule has 0 unspecified atom stereocenters. The van der Waals surface area contributed by atoms with E-state index in [1.165, 1.54) is 38.2 Å². The van der Waals surface area contributed by atoms with Gasteiger partial charge in [0.15, 0.2) is 0 Å². The summed E-state index contributed by atoms with van der Waals surface area (Å²) in [6.07, 6.45) is 0. The molecular weight excluding hydrogens is 504 g/mol. The molecule has 9 aromatic carbocycles. The molecule has 9 rings (SSSR count). The van der Waals surface area contributed by atoms with Gasteiger partial charge in [-0.05, 0) is 87.2 Å². The van der Waals surface area contributed by atoms with E-state index in [9.17, 15) is 0 Å². The number of hydrogen-bond donors (Lipinski definition) is 0. The molecule has 0 aromatic heterocycles. The van der Waals surface area contributed by atoms with Crippen LogP contribution in [0.25, 0.3) is 87.2 Å². The Morgan fingerprint density at radius 2 is 0.810 bits per heavy atom. The molecule has 0 amide bonds. The molecule has 0 aliphatic rings. The van der Waals surface area contributed by atoms with Gasteiger partial charge in [-0.2, -0.15) is 0 Å². The van der Waals surface area contributed by atoms with Crippen LogP contribution in [0.4, 0.5) is 0 Å². The minimum absolute atomic E-state index is 0.192. The van der Waals surface area contributed by atoms with E-state index in [1.807, 2.05) is 18.2 Å². The van der Waals surface area contributed by atoms with Gasteiger partial charge < -0.3 is 0 Å². The predicted molar refractivity (Wildman–Crippen MR) is 181 cm³/mol. The lowest BCUT2D eigenvalue weighted by Gasteiger charge is -2.20. The van der Waals surface area contributed by atoms with Crippen LogP contribution in [0.3, 0.4) is 0 Å². The summed E-state index contributed by atoms with van der Waals surface area (Å²) in [7, 11) is 0. The molecule has 0 heteroatoms. The summed E-state index contributed by atoms with van der Waals surface area (Å²) in [6.45, 7) is 0. The molecular formula is C42H26. The highest BCUT2D eigenvalue weighted by molar-refractivity contribution is 6.30. The first-order chi connectivity index (χ1) is 22.9. The maximum atomic E-state index is 8.71. The second-order valence-corrected chi connectivity index (χ2v) is 10.9. The Morgan fingerprint density at radius 3 is 1.40 bits per heavy atom. The van der Waals surface area contributed by atoms with Gasteiger partial charge in [0.2, 0.25) is 0 Å². The van der Waals surface area contributed by atoms with Crippen LogP contribution in [0.15, 0.2) is 158 Å². The predicted octanol–water partition coefficient (Wildman–Crippen LogP) is 11.9. The van der Waals surface area contributed by atoms with E-state index in [2.05, 4.69) is 109 Å². The fourth-order valence-electron chi connectivity index (χ4n) is 6.96. The second kappa shape index (κ2) is 9.03. The fourth-order valence-corrected chi connectivity index (χ4v) is 6.96. The highest BCUT2D eigenvalue weighted by Crippen LogP contribution is 2.47. The SMILES string of the molecule is [2H]c1c([2H])c([2H])c(-c2ccc3ccc4c(-c5c6ccccc6c(-c6ccccc6)c6ccccc56)ccc5ccc2c3c54)c([2H])c1[2H]. The van der Waals surface area contributed by atoms with Gasteiger partial charge in [0.1, 0.15) is 0 Å². The first-order valence-corrected chi connectivity index (χ1v) is 14.2. The van der Waals surface area contributed by atoms with E-state index in [1.54, 1.807) is 0 Å². The summed E-state index contributed by atoms with van der Waals surface area (Å²) in [5.41, 5.74) is 5.58. The normalized spacial score (nSPS) is 13.5. The molecule has 194 valence electrons. The Morgan fingerprint density at radius 1 is 0.333 bits per heavy atom. The maximum Gasteiger partial charge on any atom is 0.0629 e. The van der Waals surface area contributed by atoms with Crippen molar-refractivity contribution in [2.45, 2.75) is 0 Å². The van der Waals surface area contributed by atoms with Gasteiger partial charge in [0.05, 0.1) is 6.85 Å². The van der Waals surface area contributed by atoms with Crippen molar-refractivity contribution in [3.8, 4) is 33.4 Å². The lowest BCUT2D eigenvalue weighted by atomic mass is 9.83. The summed E-state index contributed by atoms with van der Waals surface area (Å²) < 4.78 is 42.2. The molecule has 0 spiro atoms. The van der Waals surface area contributed by atoms with Crippen molar-refractivity contribution in [2.24, 2.45) is 0 Å². The highest BCUT2D eigenvalue weighted by Gasteiger charge is 2.20. The molecule has 0 radical (unpaired) electrons. The second-order valence-electron chi connectivity index (χ2n) is 10.9. The van der Waals surface area contributed by atoms with Gasteiger partial charge in [-0.25, -0.2) is 0 Å². The zero-order valence-corrected chi connectivity index (χ0v) is 22.6. The molecule has 0 aliphatic heterocycles. The summed E-state index contributed by atoms with van der Waals surface area (Å²) in [6, 6.07) is 43.2. The van der Waals surface area contributed by atoms with Gasteiger partial charge in [-0.1, -0.05) is 158 Å². The molecule has 42 heavy (non-hydrogen) atoms. The van der Waals surface area contributed by atoms with E-state index in [-0.39, 0.29) is 35.8 Å². The van der Waals surface area contributed by atoms with Gasteiger partial charge in [0, 0.05) is 0 Å². The molecule has 0 saturated heterocycles. The molecule has 0 heterocycles. The topological polar surface area (TPSA) is 0 Å². The van der Waals surface area contributed by atoms with Gasteiger partial charge in [-0.15, -0.1) is 0 Å². The maximum absolute atomic E-state index is 8.71. The van der Waals surface area contributed by atoms with Crippen LogP contribution in [0.1, 0.15) is 6.85 Å². The van der Waals surface area contributed by atoms with Gasteiger partial charge >= 0.3 is 0 Å². The number of hydrogen-bond acceptors (Lipinski definition) is 0. The van der Waals surface area contributed by atoms with Crippen molar-refractivity contribution in [1.29, 1.82) is 0 Å². The summed E-state index contributed by atoms with van der Waals surface area (Å²) in [5, 5.41) is 11.0. The van der Waals surface area contributed by atoms with Crippen LogP contribution in [-0.4, -0.2) is 0 Å². The largest absolute Gasteiger partial charge is 0.0629 e. The number of rotatable bonds is 3. The Kier molecular flexibility index (Phi) is 4.04. The van der Waals surface area contributed by atoms with E-state index < -0.39 is 0 Å². The van der Waals surface area contributed by atoms with Gasteiger partial charge in [-0.3, -0.25) is 0 Å². The van der Waals surface area contributed by atoms with E-state index in [0.29, 0.717) is 5.56 Å². The summed E-state index contributed by atoms with van der Waals surface area (Å²) >= 11 is 0. The molecule has 0 N–H and O–H groups in total. The molecule has 0 fully saturated rings. The molecule has 0 saturated carbocycles. The quantitative estimate of drug-likeness (QED) is 0.156. The van der Waals surface area contributed by atoms with Crippen molar-refractivity contribution in [2.75, 3.05) is 0 Å². The molecule has 9 aromatic rings. The van der Waals surface area contributed by atoms with Crippen molar-refractivity contribution in [3.63, 3.8) is 0 Å². The molecule has 0 aliphatic carbocycles. The third-order valence-electron chi connectivity index (χ3n) is 8.70. The van der Waals surface area contributed by atoms with E-state index >= 15 is 0 Å². The van der Waals surface area contributed by atoms with Gasteiger partial charge in [0.25, 0.3) is 0 Å². The molecule has 0 bridgehead atoms. The average Bonchev–Trinajstić information content (AvgIpc) is 3.12. The number of fused-ring (bicyclic) bond motifs is 2. The third-order valence-corrected chi connectivity index (χ3v) is 8.70.